The van der Waals surface area contributed by atoms with E-state index in [1.54, 1.807) is 0 Å². The second-order valence-electron chi connectivity index (χ2n) is 5.38. The van der Waals surface area contributed by atoms with E-state index < -0.39 is 5.91 Å². The van der Waals surface area contributed by atoms with Gasteiger partial charge in [0.25, 0.3) is 5.91 Å². The van der Waals surface area contributed by atoms with Gasteiger partial charge in [-0.05, 0) is 24.8 Å². The van der Waals surface area contributed by atoms with E-state index in [1.165, 1.54) is 31.5 Å². The maximum Gasteiger partial charge on any atom is 0.267 e. The third-order valence-corrected chi connectivity index (χ3v) is 4.00. The molecule has 1 aliphatic rings. The number of rotatable bonds is 5. The lowest BCUT2D eigenvalue weighted by molar-refractivity contribution is 0.0911. The molecule has 7 heteroatoms. The molecular formula is C14H23ClN4O2. The van der Waals surface area contributed by atoms with Crippen LogP contribution < -0.4 is 16.8 Å². The van der Waals surface area contributed by atoms with Crippen LogP contribution in [0.3, 0.4) is 0 Å². The number of nitrogens with one attached hydrogen (secondary N) is 2. The van der Waals surface area contributed by atoms with Gasteiger partial charge in [0.15, 0.2) is 0 Å². The van der Waals surface area contributed by atoms with E-state index in [-0.39, 0.29) is 24.4 Å². The Balaban J connectivity index is 0.00000220. The summed E-state index contributed by atoms with van der Waals surface area (Å²) in [5, 5.41) is 2.96. The van der Waals surface area contributed by atoms with E-state index in [1.807, 2.05) is 0 Å². The zero-order valence-corrected chi connectivity index (χ0v) is 12.7. The molecule has 1 aromatic rings. The van der Waals surface area contributed by atoms with Crippen LogP contribution in [-0.2, 0) is 0 Å². The lowest BCUT2D eigenvalue weighted by Crippen LogP contribution is -2.46. The number of primary amides is 1. The van der Waals surface area contributed by atoms with Crippen LogP contribution in [0.2, 0.25) is 0 Å². The van der Waals surface area contributed by atoms with Crippen molar-refractivity contribution in [1.82, 2.24) is 10.3 Å². The van der Waals surface area contributed by atoms with Crippen LogP contribution >= 0.6 is 12.4 Å². The molecule has 2 rings (SSSR count). The number of amides is 2. The van der Waals surface area contributed by atoms with E-state index in [9.17, 15) is 9.59 Å². The van der Waals surface area contributed by atoms with Crippen molar-refractivity contribution in [3.63, 3.8) is 0 Å². The number of carbonyl (C=O) groups is 2. The molecule has 1 atom stereocenters. The molecule has 118 valence electrons. The molecule has 2 amide bonds. The molecule has 6 N–H and O–H groups in total. The summed E-state index contributed by atoms with van der Waals surface area (Å²) in [6.45, 7) is 0.430. The van der Waals surface area contributed by atoms with Crippen LogP contribution in [-0.4, -0.2) is 29.4 Å². The number of aromatic nitrogens is 1. The average Bonchev–Trinajstić information content (AvgIpc) is 2.95. The first kappa shape index (κ1) is 17.5. The van der Waals surface area contributed by atoms with Crippen molar-refractivity contribution in [2.24, 2.45) is 17.4 Å². The highest BCUT2D eigenvalue weighted by Crippen LogP contribution is 2.26. The fraction of sp³-hybridized carbons (Fsp3) is 0.571. The summed E-state index contributed by atoms with van der Waals surface area (Å²) in [5.74, 6) is -0.343. The van der Waals surface area contributed by atoms with Crippen molar-refractivity contribution in [1.29, 1.82) is 0 Å². The highest BCUT2D eigenvalue weighted by atomic mass is 35.5. The molecule has 1 aromatic heterocycles. The minimum atomic E-state index is -0.553. The van der Waals surface area contributed by atoms with Gasteiger partial charge in [0, 0.05) is 18.8 Å². The summed E-state index contributed by atoms with van der Waals surface area (Å²) in [7, 11) is 0. The van der Waals surface area contributed by atoms with Crippen molar-refractivity contribution >= 4 is 24.2 Å². The lowest BCUT2D eigenvalue weighted by Gasteiger charge is -2.29. The predicted molar refractivity (Wildman–Crippen MR) is 83.4 cm³/mol. The summed E-state index contributed by atoms with van der Waals surface area (Å²) in [5.41, 5.74) is 11.6. The monoisotopic (exact) mass is 314 g/mol. The topological polar surface area (TPSA) is 114 Å². The van der Waals surface area contributed by atoms with E-state index in [0.717, 1.165) is 12.8 Å². The minimum Gasteiger partial charge on any atom is -0.366 e. The molecule has 0 bridgehead atoms. The van der Waals surface area contributed by atoms with Gasteiger partial charge in [-0.2, -0.15) is 0 Å². The Hall–Kier alpha value is -1.53. The number of aromatic amines is 1. The maximum atomic E-state index is 12.1. The van der Waals surface area contributed by atoms with Gasteiger partial charge in [0.2, 0.25) is 5.91 Å². The first-order chi connectivity index (χ1) is 9.61. The fourth-order valence-electron chi connectivity index (χ4n) is 2.82. The average molecular weight is 315 g/mol. The number of nitrogens with two attached hydrogens (primary N) is 2. The largest absolute Gasteiger partial charge is 0.366 e. The van der Waals surface area contributed by atoms with E-state index in [0.29, 0.717) is 23.7 Å². The summed E-state index contributed by atoms with van der Waals surface area (Å²) in [4.78, 5) is 25.9. The summed E-state index contributed by atoms with van der Waals surface area (Å²) in [6, 6.07) is 1.45. The quantitative estimate of drug-likeness (QED) is 0.654. The van der Waals surface area contributed by atoms with Gasteiger partial charge in [-0.3, -0.25) is 9.59 Å². The van der Waals surface area contributed by atoms with Crippen LogP contribution in [0.5, 0.6) is 0 Å². The molecule has 1 heterocycles. The van der Waals surface area contributed by atoms with Crippen LogP contribution in [0.4, 0.5) is 0 Å². The Bertz CT molecular complexity index is 483. The van der Waals surface area contributed by atoms with Crippen LogP contribution in [0.1, 0.15) is 53.0 Å². The Morgan fingerprint density at radius 2 is 2.00 bits per heavy atom. The fourth-order valence-corrected chi connectivity index (χ4v) is 2.82. The highest BCUT2D eigenvalue weighted by Gasteiger charge is 2.24. The molecule has 1 fully saturated rings. The second-order valence-corrected chi connectivity index (χ2v) is 5.38. The molecule has 0 aliphatic heterocycles. The van der Waals surface area contributed by atoms with Crippen molar-refractivity contribution < 1.29 is 9.59 Å². The highest BCUT2D eigenvalue weighted by molar-refractivity contribution is 5.98. The molecule has 0 radical (unpaired) electrons. The molecular weight excluding hydrogens is 292 g/mol. The Morgan fingerprint density at radius 1 is 1.33 bits per heavy atom. The van der Waals surface area contributed by atoms with Crippen LogP contribution in [0.25, 0.3) is 0 Å². The molecule has 1 unspecified atom stereocenters. The number of hydrogen-bond donors (Lipinski definition) is 4. The Morgan fingerprint density at radius 3 is 2.52 bits per heavy atom. The SMILES string of the molecule is Cl.NCC(NC(=O)c1cc(C(N)=O)c[nH]1)C1CCCCC1. The van der Waals surface area contributed by atoms with Gasteiger partial charge in [-0.1, -0.05) is 19.3 Å². The van der Waals surface area contributed by atoms with Crippen molar-refractivity contribution in [3.8, 4) is 0 Å². The smallest absolute Gasteiger partial charge is 0.267 e. The third-order valence-electron chi connectivity index (χ3n) is 4.00. The van der Waals surface area contributed by atoms with Crippen molar-refractivity contribution in [2.45, 2.75) is 38.1 Å². The predicted octanol–water partition coefficient (Wildman–Crippen LogP) is 1.17. The Labute approximate surface area is 130 Å². The molecule has 0 saturated heterocycles. The zero-order valence-electron chi connectivity index (χ0n) is 11.9. The van der Waals surface area contributed by atoms with Gasteiger partial charge in [0.1, 0.15) is 5.69 Å². The second kappa shape index (κ2) is 8.05. The number of carbonyl (C=O) groups excluding carboxylic acids is 2. The molecule has 1 aliphatic carbocycles. The zero-order chi connectivity index (χ0) is 14.5. The summed E-state index contributed by atoms with van der Waals surface area (Å²) < 4.78 is 0. The summed E-state index contributed by atoms with van der Waals surface area (Å²) in [6.07, 6.45) is 7.32. The van der Waals surface area contributed by atoms with E-state index in [4.69, 9.17) is 11.5 Å². The normalized spacial score (nSPS) is 16.8. The lowest BCUT2D eigenvalue weighted by atomic mass is 9.84. The van der Waals surface area contributed by atoms with Crippen LogP contribution in [0, 0.1) is 5.92 Å². The third kappa shape index (κ3) is 4.47. The van der Waals surface area contributed by atoms with Crippen molar-refractivity contribution in [3.05, 3.63) is 23.5 Å². The molecule has 1 saturated carbocycles. The molecule has 6 nitrogen and oxygen atoms in total. The molecule has 0 aromatic carbocycles. The molecule has 21 heavy (non-hydrogen) atoms. The van der Waals surface area contributed by atoms with E-state index >= 15 is 0 Å². The number of H-pyrrole nitrogens is 1. The Kier molecular flexibility index (Phi) is 6.71. The summed E-state index contributed by atoms with van der Waals surface area (Å²) >= 11 is 0. The molecule has 0 spiro atoms. The first-order valence-corrected chi connectivity index (χ1v) is 7.11. The van der Waals surface area contributed by atoms with Crippen LogP contribution in [0.15, 0.2) is 12.3 Å². The maximum absolute atomic E-state index is 12.1. The van der Waals surface area contributed by atoms with Crippen molar-refractivity contribution in [2.75, 3.05) is 6.54 Å². The van der Waals surface area contributed by atoms with E-state index in [2.05, 4.69) is 10.3 Å². The number of halogens is 1. The van der Waals surface area contributed by atoms with Gasteiger partial charge in [-0.25, -0.2) is 0 Å². The minimum absolute atomic E-state index is 0. The first-order valence-electron chi connectivity index (χ1n) is 7.11. The number of hydrogen-bond acceptors (Lipinski definition) is 3. The van der Waals surface area contributed by atoms with Gasteiger partial charge >= 0.3 is 0 Å². The van der Waals surface area contributed by atoms with Gasteiger partial charge < -0.3 is 21.8 Å². The standard InChI is InChI=1S/C14H22N4O2.ClH/c15-7-12(9-4-2-1-3-5-9)18-14(20)11-6-10(8-17-11)13(16)19;/h6,8-9,12,17H,1-5,7,15H2,(H2,16,19)(H,18,20);1H. The van der Waals surface area contributed by atoms with Gasteiger partial charge in [0.05, 0.1) is 5.56 Å². The van der Waals surface area contributed by atoms with Gasteiger partial charge in [-0.15, -0.1) is 12.4 Å².